The minimum atomic E-state index is -1.36. The van der Waals surface area contributed by atoms with Gasteiger partial charge in [-0.05, 0) is 25.2 Å². The topological polar surface area (TPSA) is 91.3 Å². The number of aliphatic carboxylic acids is 1. The van der Waals surface area contributed by atoms with E-state index < -0.39 is 23.6 Å². The van der Waals surface area contributed by atoms with Crippen LogP contribution in [0.5, 0.6) is 0 Å². The van der Waals surface area contributed by atoms with E-state index >= 15 is 0 Å². The van der Waals surface area contributed by atoms with Crippen LogP contribution in [0.1, 0.15) is 45.4 Å². The number of rotatable bonds is 2. The number of ether oxygens (including phenoxy) is 2. The molecule has 0 unspecified atom stereocenters. The van der Waals surface area contributed by atoms with Crippen molar-refractivity contribution < 1.29 is 33.9 Å². The van der Waals surface area contributed by atoms with Crippen LogP contribution in [0.2, 0.25) is 0 Å². The number of carbonyl (C=O) groups excluding carboxylic acids is 1. The second-order valence-corrected chi connectivity index (χ2v) is 7.04. The van der Waals surface area contributed by atoms with Gasteiger partial charge in [-0.25, -0.2) is 4.89 Å². The van der Waals surface area contributed by atoms with Crippen molar-refractivity contribution >= 4 is 11.9 Å². The summed E-state index contributed by atoms with van der Waals surface area (Å²) in [5, 5.41) is 9.13. The van der Waals surface area contributed by atoms with E-state index in [1.54, 1.807) is 0 Å². The molecule has 5 aliphatic rings. The summed E-state index contributed by atoms with van der Waals surface area (Å²) in [6.07, 6.45) is 2.16. The van der Waals surface area contributed by atoms with E-state index in [1.165, 1.54) is 0 Å². The quantitative estimate of drug-likeness (QED) is 0.611. The number of carboxylic acids is 1. The zero-order chi connectivity index (χ0) is 15.5. The lowest BCUT2D eigenvalue weighted by molar-refractivity contribution is -0.560. The van der Waals surface area contributed by atoms with Crippen LogP contribution in [-0.4, -0.2) is 34.7 Å². The lowest BCUT2D eigenvalue weighted by Crippen LogP contribution is -2.68. The first-order chi connectivity index (χ1) is 10.5. The number of hydrogen-bond acceptors (Lipinski definition) is 6. The molecule has 2 bridgehead atoms. The molecule has 7 nitrogen and oxygen atoms in total. The third-order valence-corrected chi connectivity index (χ3v) is 5.81. The highest BCUT2D eigenvalue weighted by Gasteiger charge is 2.69. The number of hydrogen-bond donors (Lipinski definition) is 1. The summed E-state index contributed by atoms with van der Waals surface area (Å²) in [7, 11) is 0. The Balaban J connectivity index is 1.75. The molecule has 4 aliphatic heterocycles. The average molecular weight is 312 g/mol. The van der Waals surface area contributed by atoms with E-state index in [1.807, 2.05) is 0 Å². The van der Waals surface area contributed by atoms with Crippen LogP contribution in [-0.2, 0) is 28.8 Å². The molecule has 5 rings (SSSR count). The van der Waals surface area contributed by atoms with Gasteiger partial charge in [-0.2, -0.15) is 4.89 Å². The average Bonchev–Trinajstić information content (AvgIpc) is 2.68. The fourth-order valence-electron chi connectivity index (χ4n) is 4.75. The minimum Gasteiger partial charge on any atom is -0.481 e. The van der Waals surface area contributed by atoms with Gasteiger partial charge >= 0.3 is 11.9 Å². The molecular formula is C15H20O7. The fourth-order valence-corrected chi connectivity index (χ4v) is 4.75. The van der Waals surface area contributed by atoms with Crippen LogP contribution in [0.15, 0.2) is 0 Å². The standard InChI is InChI=1S/C15H20O7/c1-8-2-3-9-6-12(18)19-13-15(9)10(8)4-5-14(20-13,21-22-15)7-11(16)17/h8-10,13H,2-7H2,1H3,(H,16,17)/t8-,9+,10+,13-,14-,15+/m1/s1. The van der Waals surface area contributed by atoms with Crippen molar-refractivity contribution in [3.8, 4) is 0 Å². The van der Waals surface area contributed by atoms with Gasteiger partial charge in [-0.15, -0.1) is 0 Å². The molecule has 6 atom stereocenters. The molecule has 0 aromatic carbocycles. The molecule has 1 N–H and O–H groups in total. The van der Waals surface area contributed by atoms with Gasteiger partial charge in [0.1, 0.15) is 6.42 Å². The van der Waals surface area contributed by atoms with Crippen LogP contribution in [0.25, 0.3) is 0 Å². The van der Waals surface area contributed by atoms with Crippen molar-refractivity contribution in [2.24, 2.45) is 17.8 Å². The molecule has 122 valence electrons. The Morgan fingerprint density at radius 1 is 1.32 bits per heavy atom. The summed E-state index contributed by atoms with van der Waals surface area (Å²) in [5.74, 6) is -2.17. The molecule has 0 aromatic rings. The molecule has 5 fully saturated rings. The zero-order valence-electron chi connectivity index (χ0n) is 12.4. The van der Waals surface area contributed by atoms with Crippen molar-refractivity contribution in [3.05, 3.63) is 0 Å². The maximum absolute atomic E-state index is 11.9. The van der Waals surface area contributed by atoms with Gasteiger partial charge in [0, 0.05) is 18.3 Å². The zero-order valence-corrected chi connectivity index (χ0v) is 12.4. The predicted octanol–water partition coefficient (Wildman–Crippen LogP) is 1.60. The smallest absolute Gasteiger partial charge is 0.308 e. The Kier molecular flexibility index (Phi) is 3.05. The summed E-state index contributed by atoms with van der Waals surface area (Å²) in [4.78, 5) is 34.4. The Morgan fingerprint density at radius 3 is 2.91 bits per heavy atom. The first kappa shape index (κ1) is 14.4. The Labute approximate surface area is 127 Å². The van der Waals surface area contributed by atoms with Gasteiger partial charge in [0.2, 0.25) is 12.1 Å². The highest BCUT2D eigenvalue weighted by atomic mass is 17.3. The third kappa shape index (κ3) is 1.85. The molecule has 1 saturated carbocycles. The largest absolute Gasteiger partial charge is 0.481 e. The van der Waals surface area contributed by atoms with Crippen LogP contribution in [0.3, 0.4) is 0 Å². The molecule has 0 amide bonds. The van der Waals surface area contributed by atoms with E-state index in [4.69, 9.17) is 24.4 Å². The minimum absolute atomic E-state index is 0.000813. The summed E-state index contributed by atoms with van der Waals surface area (Å²) >= 11 is 0. The van der Waals surface area contributed by atoms with Crippen molar-refractivity contribution in [1.82, 2.24) is 0 Å². The van der Waals surface area contributed by atoms with Gasteiger partial charge in [0.15, 0.2) is 5.60 Å². The van der Waals surface area contributed by atoms with Crippen molar-refractivity contribution in [2.45, 2.75) is 63.1 Å². The molecule has 0 radical (unpaired) electrons. The Morgan fingerprint density at radius 2 is 2.14 bits per heavy atom. The monoisotopic (exact) mass is 312 g/mol. The summed E-state index contributed by atoms with van der Waals surface area (Å²) in [6.45, 7) is 2.16. The van der Waals surface area contributed by atoms with Crippen molar-refractivity contribution in [3.63, 3.8) is 0 Å². The van der Waals surface area contributed by atoms with Gasteiger partial charge in [-0.3, -0.25) is 9.59 Å². The molecule has 4 heterocycles. The normalized spacial score (nSPS) is 50.0. The highest BCUT2D eigenvalue weighted by Crippen LogP contribution is 2.59. The second kappa shape index (κ2) is 4.66. The third-order valence-electron chi connectivity index (χ3n) is 5.81. The summed E-state index contributed by atoms with van der Waals surface area (Å²) < 4.78 is 11.3. The number of fused-ring (bicyclic) bond motifs is 2. The van der Waals surface area contributed by atoms with E-state index in [9.17, 15) is 9.59 Å². The van der Waals surface area contributed by atoms with Gasteiger partial charge < -0.3 is 14.6 Å². The lowest BCUT2D eigenvalue weighted by Gasteiger charge is -2.56. The Bertz CT molecular complexity index is 516. The molecule has 7 heteroatoms. The number of carboxylic acid groups (broad SMARTS) is 1. The maximum Gasteiger partial charge on any atom is 0.308 e. The first-order valence-corrected chi connectivity index (χ1v) is 7.91. The van der Waals surface area contributed by atoms with Crippen LogP contribution >= 0.6 is 0 Å². The fraction of sp³-hybridized carbons (Fsp3) is 0.867. The maximum atomic E-state index is 11.9. The van der Waals surface area contributed by atoms with E-state index in [-0.39, 0.29) is 24.2 Å². The van der Waals surface area contributed by atoms with Crippen molar-refractivity contribution in [1.29, 1.82) is 0 Å². The van der Waals surface area contributed by atoms with Gasteiger partial charge in [0.25, 0.3) is 0 Å². The van der Waals surface area contributed by atoms with E-state index in [2.05, 4.69) is 6.92 Å². The molecule has 0 aromatic heterocycles. The SMILES string of the molecule is C[C@@H]1CC[C@H]2CC(=O)O[C@@H]3O[C@]4(CC(=O)O)CC[C@@H]1[C@@]23OO4. The molecule has 4 saturated heterocycles. The highest BCUT2D eigenvalue weighted by molar-refractivity contribution is 5.71. The lowest BCUT2D eigenvalue weighted by atomic mass is 9.60. The van der Waals surface area contributed by atoms with Crippen molar-refractivity contribution in [2.75, 3.05) is 0 Å². The van der Waals surface area contributed by atoms with Crippen LogP contribution in [0, 0.1) is 17.8 Å². The van der Waals surface area contributed by atoms with E-state index in [0.29, 0.717) is 18.8 Å². The summed E-state index contributed by atoms with van der Waals surface area (Å²) in [6, 6.07) is 0. The van der Waals surface area contributed by atoms with Gasteiger partial charge in [0.05, 0.1) is 6.42 Å². The Hall–Kier alpha value is -1.18. The molecule has 1 aliphatic carbocycles. The predicted molar refractivity (Wildman–Crippen MR) is 70.1 cm³/mol. The first-order valence-electron chi connectivity index (χ1n) is 7.91. The van der Waals surface area contributed by atoms with E-state index in [0.717, 1.165) is 19.3 Å². The van der Waals surface area contributed by atoms with Crippen LogP contribution < -0.4 is 0 Å². The molecule has 22 heavy (non-hydrogen) atoms. The van der Waals surface area contributed by atoms with Crippen LogP contribution in [0.4, 0.5) is 0 Å². The molecular weight excluding hydrogens is 292 g/mol. The number of carbonyl (C=O) groups is 2. The second-order valence-electron chi connectivity index (χ2n) is 7.04. The number of esters is 1. The summed E-state index contributed by atoms with van der Waals surface area (Å²) in [5.41, 5.74) is -0.788. The van der Waals surface area contributed by atoms with Gasteiger partial charge in [-0.1, -0.05) is 6.92 Å². The molecule has 1 spiro atoms.